The van der Waals surface area contributed by atoms with Crippen LogP contribution in [0.2, 0.25) is 5.02 Å². The zero-order chi connectivity index (χ0) is 19.7. The molecule has 2 aromatic rings. The van der Waals surface area contributed by atoms with Gasteiger partial charge in [-0.15, -0.1) is 0 Å². The van der Waals surface area contributed by atoms with Crippen molar-refractivity contribution in [3.8, 4) is 6.07 Å². The minimum absolute atomic E-state index is 0.00136. The zero-order valence-electron chi connectivity index (χ0n) is 15.6. The lowest BCUT2D eigenvalue weighted by Crippen LogP contribution is -2.32. The van der Waals surface area contributed by atoms with Gasteiger partial charge < -0.3 is 20.3 Å². The topological polar surface area (TPSA) is 103 Å². The summed E-state index contributed by atoms with van der Waals surface area (Å²) in [4.78, 5) is 8.96. The summed E-state index contributed by atoms with van der Waals surface area (Å²) in [5.74, 6) is 1.17. The van der Waals surface area contributed by atoms with Crippen LogP contribution < -0.4 is 16.1 Å². The molecule has 7 nitrogen and oxygen atoms in total. The first kappa shape index (κ1) is 19.0. The molecule has 1 aromatic heterocycles. The van der Waals surface area contributed by atoms with Gasteiger partial charge in [-0.3, -0.25) is 0 Å². The Balaban J connectivity index is 1.55. The summed E-state index contributed by atoms with van der Waals surface area (Å²) in [6.07, 6.45) is 5.86. The van der Waals surface area contributed by atoms with Gasteiger partial charge in [0.05, 0.1) is 18.6 Å². The van der Waals surface area contributed by atoms with Crippen LogP contribution in [0.4, 0.5) is 17.5 Å². The van der Waals surface area contributed by atoms with Crippen molar-refractivity contribution >= 4 is 41.6 Å². The molecule has 1 aliphatic carbocycles. The van der Waals surface area contributed by atoms with Crippen molar-refractivity contribution in [2.24, 2.45) is 5.92 Å². The van der Waals surface area contributed by atoms with E-state index >= 15 is 0 Å². The van der Waals surface area contributed by atoms with Crippen molar-refractivity contribution in [3.63, 3.8) is 0 Å². The largest absolute Gasteiger partial charge is 0.493 e. The number of rotatable bonds is 4. The molecule has 0 radical (unpaired) electrons. The van der Waals surface area contributed by atoms with Crippen molar-refractivity contribution < 1.29 is 9.68 Å². The summed E-state index contributed by atoms with van der Waals surface area (Å²) in [7, 11) is -0.980. The summed E-state index contributed by atoms with van der Waals surface area (Å²) in [6.45, 7) is 2.26. The lowest BCUT2D eigenvalue weighted by Gasteiger charge is -2.28. The number of anilines is 3. The van der Waals surface area contributed by atoms with E-state index in [1.165, 1.54) is 0 Å². The summed E-state index contributed by atoms with van der Waals surface area (Å²) in [5.41, 5.74) is 3.10. The molecule has 2 aliphatic rings. The van der Waals surface area contributed by atoms with Crippen molar-refractivity contribution in [3.05, 3.63) is 34.5 Å². The van der Waals surface area contributed by atoms with E-state index < -0.39 is 7.12 Å². The first-order valence-corrected chi connectivity index (χ1v) is 9.81. The molecule has 1 unspecified atom stereocenters. The number of halogens is 1. The van der Waals surface area contributed by atoms with Crippen molar-refractivity contribution in [2.45, 2.75) is 45.3 Å². The standard InChI is InChI=1S/C19H21BClN5O2/c1-11-9-23-19(26-18(11)25-16-5-3-2-4-12(16)8-22)24-14-6-13-10-28-20(27)17(13)15(21)7-14/h6-7,9,12,16,27H,2-5,10H2,1H3,(H2,23,24,25,26)/t12-,16?/m1/s1. The van der Waals surface area contributed by atoms with Gasteiger partial charge in [0.25, 0.3) is 0 Å². The Bertz CT molecular complexity index is 935. The second kappa shape index (κ2) is 7.96. The molecule has 28 heavy (non-hydrogen) atoms. The fourth-order valence-electron chi connectivity index (χ4n) is 3.81. The van der Waals surface area contributed by atoms with E-state index in [0.29, 0.717) is 23.0 Å². The third kappa shape index (κ3) is 3.79. The van der Waals surface area contributed by atoms with Crippen LogP contribution >= 0.6 is 11.6 Å². The molecule has 9 heteroatoms. The first-order valence-electron chi connectivity index (χ1n) is 9.44. The molecule has 144 valence electrons. The highest BCUT2D eigenvalue weighted by Gasteiger charge is 2.30. The molecular weight excluding hydrogens is 377 g/mol. The SMILES string of the molecule is Cc1cnc(Nc2cc(Cl)c3c(c2)COB3O)nc1NC1CCCC[C@@H]1C#N. The van der Waals surface area contributed by atoms with E-state index in [2.05, 4.69) is 26.7 Å². The van der Waals surface area contributed by atoms with E-state index in [-0.39, 0.29) is 12.0 Å². The Kier molecular flexibility index (Phi) is 5.40. The number of benzene rings is 1. The van der Waals surface area contributed by atoms with Crippen LogP contribution in [-0.2, 0) is 11.3 Å². The third-order valence-corrected chi connectivity index (χ3v) is 5.65. The van der Waals surface area contributed by atoms with Crippen LogP contribution in [0.3, 0.4) is 0 Å². The molecule has 1 saturated carbocycles. The Morgan fingerprint density at radius 1 is 1.36 bits per heavy atom. The van der Waals surface area contributed by atoms with Gasteiger partial charge in [-0.05, 0) is 37.5 Å². The summed E-state index contributed by atoms with van der Waals surface area (Å²) >= 11 is 6.29. The minimum Gasteiger partial charge on any atom is -0.423 e. The molecule has 3 N–H and O–H groups in total. The maximum absolute atomic E-state index is 9.82. The molecule has 4 rings (SSSR count). The highest BCUT2D eigenvalue weighted by atomic mass is 35.5. The predicted molar refractivity (Wildman–Crippen MR) is 109 cm³/mol. The fraction of sp³-hybridized carbons (Fsp3) is 0.421. The van der Waals surface area contributed by atoms with Crippen LogP contribution in [0.5, 0.6) is 0 Å². The van der Waals surface area contributed by atoms with E-state index in [1.54, 1.807) is 12.3 Å². The molecule has 1 fully saturated rings. The molecule has 2 heterocycles. The van der Waals surface area contributed by atoms with Gasteiger partial charge in [-0.2, -0.15) is 10.2 Å². The Hall–Kier alpha value is -2.34. The van der Waals surface area contributed by atoms with Crippen LogP contribution in [0.15, 0.2) is 18.3 Å². The number of hydrogen-bond donors (Lipinski definition) is 3. The summed E-state index contributed by atoms with van der Waals surface area (Å²) in [6, 6.07) is 6.12. The van der Waals surface area contributed by atoms with Gasteiger partial charge in [0.15, 0.2) is 0 Å². The summed E-state index contributed by atoms with van der Waals surface area (Å²) in [5, 5.41) is 26.3. The van der Waals surface area contributed by atoms with Crippen LogP contribution in [0.1, 0.15) is 36.8 Å². The number of hydrogen-bond acceptors (Lipinski definition) is 7. The molecule has 1 aliphatic heterocycles. The Morgan fingerprint density at radius 2 is 2.18 bits per heavy atom. The van der Waals surface area contributed by atoms with Gasteiger partial charge >= 0.3 is 7.12 Å². The third-order valence-electron chi connectivity index (χ3n) is 5.34. The van der Waals surface area contributed by atoms with Crippen LogP contribution in [-0.4, -0.2) is 28.2 Å². The highest BCUT2D eigenvalue weighted by molar-refractivity contribution is 6.65. The predicted octanol–water partition coefficient (Wildman–Crippen LogP) is 2.89. The summed E-state index contributed by atoms with van der Waals surface area (Å²) < 4.78 is 5.23. The lowest BCUT2D eigenvalue weighted by molar-refractivity contribution is 0.275. The van der Waals surface area contributed by atoms with E-state index in [4.69, 9.17) is 16.3 Å². The van der Waals surface area contributed by atoms with Crippen molar-refractivity contribution in [1.29, 1.82) is 5.26 Å². The van der Waals surface area contributed by atoms with E-state index in [9.17, 15) is 10.3 Å². The van der Waals surface area contributed by atoms with Crippen molar-refractivity contribution in [2.75, 3.05) is 10.6 Å². The Morgan fingerprint density at radius 3 is 3.00 bits per heavy atom. The number of aryl methyl sites for hydroxylation is 1. The molecular formula is C19H21BClN5O2. The van der Waals surface area contributed by atoms with Gasteiger partial charge in [0, 0.05) is 34.0 Å². The molecule has 2 atom stereocenters. The van der Waals surface area contributed by atoms with Gasteiger partial charge in [-0.25, -0.2) is 4.98 Å². The zero-order valence-corrected chi connectivity index (χ0v) is 16.3. The average Bonchev–Trinajstić information content (AvgIpc) is 3.06. The molecule has 0 amide bonds. The number of aromatic nitrogens is 2. The molecule has 0 spiro atoms. The quantitative estimate of drug-likeness (QED) is 0.682. The highest BCUT2D eigenvalue weighted by Crippen LogP contribution is 2.28. The van der Waals surface area contributed by atoms with Crippen LogP contribution in [0.25, 0.3) is 0 Å². The number of nitrogens with zero attached hydrogens (tertiary/aromatic N) is 3. The average molecular weight is 398 g/mol. The molecule has 0 bridgehead atoms. The smallest absolute Gasteiger partial charge is 0.423 e. The monoisotopic (exact) mass is 397 g/mol. The Labute approximate surface area is 169 Å². The fourth-order valence-corrected chi connectivity index (χ4v) is 4.14. The van der Waals surface area contributed by atoms with Gasteiger partial charge in [0.2, 0.25) is 5.95 Å². The second-order valence-corrected chi connectivity index (χ2v) is 7.72. The van der Waals surface area contributed by atoms with Crippen LogP contribution in [0, 0.1) is 24.2 Å². The second-order valence-electron chi connectivity index (χ2n) is 7.32. The minimum atomic E-state index is -0.980. The van der Waals surface area contributed by atoms with Crippen molar-refractivity contribution in [1.82, 2.24) is 9.97 Å². The first-order chi connectivity index (χ1) is 13.5. The normalized spacial score (nSPS) is 21.1. The van der Waals surface area contributed by atoms with E-state index in [0.717, 1.165) is 48.3 Å². The molecule has 1 aromatic carbocycles. The molecule has 0 saturated heterocycles. The maximum atomic E-state index is 9.82. The van der Waals surface area contributed by atoms with Gasteiger partial charge in [0.1, 0.15) is 5.82 Å². The maximum Gasteiger partial charge on any atom is 0.493 e. The number of fused-ring (bicyclic) bond motifs is 1. The number of nitriles is 1. The lowest BCUT2D eigenvalue weighted by atomic mass is 9.79. The number of nitrogens with one attached hydrogen (secondary N) is 2. The van der Waals surface area contributed by atoms with E-state index in [1.807, 2.05) is 13.0 Å². The van der Waals surface area contributed by atoms with Gasteiger partial charge in [-0.1, -0.05) is 24.4 Å².